The van der Waals surface area contributed by atoms with E-state index in [1.165, 1.54) is 32.1 Å². The van der Waals surface area contributed by atoms with Gasteiger partial charge in [0.25, 0.3) is 5.91 Å². The fraction of sp³-hybridized carbons (Fsp3) is 0.545. The number of ether oxygens (including phenoxy) is 1. The van der Waals surface area contributed by atoms with Gasteiger partial charge in [-0.15, -0.1) is 6.58 Å². The van der Waals surface area contributed by atoms with Gasteiger partial charge in [0, 0.05) is 5.56 Å². The van der Waals surface area contributed by atoms with E-state index in [4.69, 9.17) is 4.74 Å². The Hall–Kier alpha value is -2.10. The molecule has 4 heteroatoms. The summed E-state index contributed by atoms with van der Waals surface area (Å²) in [5.41, 5.74) is 1.63. The standard InChI is InChI=1S/C22H33NO3/c1-4-5-6-7-8-9-10-11-12-17-26-22(25)19(3)23-21(24)20-15-13-18(2)14-16-20/h4,13-16,19H,1,5-12,17H2,2-3H3,(H,23,24). The molecule has 0 saturated heterocycles. The summed E-state index contributed by atoms with van der Waals surface area (Å²) in [6.07, 6.45) is 11.2. The van der Waals surface area contributed by atoms with Crippen LogP contribution in [0.15, 0.2) is 36.9 Å². The Morgan fingerprint density at radius 2 is 1.62 bits per heavy atom. The van der Waals surface area contributed by atoms with Gasteiger partial charge in [0.05, 0.1) is 6.61 Å². The van der Waals surface area contributed by atoms with E-state index in [9.17, 15) is 9.59 Å². The molecule has 4 nitrogen and oxygen atoms in total. The number of unbranched alkanes of at least 4 members (excludes halogenated alkanes) is 7. The van der Waals surface area contributed by atoms with Gasteiger partial charge in [-0.25, -0.2) is 4.79 Å². The van der Waals surface area contributed by atoms with Gasteiger partial charge < -0.3 is 10.1 Å². The highest BCUT2D eigenvalue weighted by Gasteiger charge is 2.17. The minimum atomic E-state index is -0.645. The zero-order valence-corrected chi connectivity index (χ0v) is 16.3. The molecule has 0 saturated carbocycles. The van der Waals surface area contributed by atoms with Crippen LogP contribution in [0.1, 0.15) is 74.2 Å². The number of aryl methyl sites for hydroxylation is 1. The first-order chi connectivity index (χ1) is 12.5. The van der Waals surface area contributed by atoms with Gasteiger partial charge in [0.2, 0.25) is 0 Å². The highest BCUT2D eigenvalue weighted by atomic mass is 16.5. The quantitative estimate of drug-likeness (QED) is 0.307. The van der Waals surface area contributed by atoms with Gasteiger partial charge in [-0.1, -0.05) is 55.9 Å². The number of benzene rings is 1. The summed E-state index contributed by atoms with van der Waals surface area (Å²) in [5.74, 6) is -0.638. The van der Waals surface area contributed by atoms with E-state index in [1.807, 2.05) is 25.1 Å². The molecule has 1 aromatic rings. The van der Waals surface area contributed by atoms with Gasteiger partial charge in [-0.3, -0.25) is 4.79 Å². The molecule has 1 rings (SSSR count). The van der Waals surface area contributed by atoms with Crippen molar-refractivity contribution >= 4 is 11.9 Å². The van der Waals surface area contributed by atoms with Crippen LogP contribution < -0.4 is 5.32 Å². The first-order valence-electron chi connectivity index (χ1n) is 9.69. The van der Waals surface area contributed by atoms with Crippen molar-refractivity contribution in [2.24, 2.45) is 0 Å². The molecule has 0 fully saturated rings. The second-order valence-corrected chi connectivity index (χ2v) is 6.78. The lowest BCUT2D eigenvalue weighted by Gasteiger charge is -2.13. The molecule has 0 spiro atoms. The lowest BCUT2D eigenvalue weighted by molar-refractivity contribution is -0.145. The van der Waals surface area contributed by atoms with E-state index in [0.29, 0.717) is 12.2 Å². The van der Waals surface area contributed by atoms with E-state index in [1.54, 1.807) is 19.1 Å². The fourth-order valence-electron chi connectivity index (χ4n) is 2.62. The normalized spacial score (nSPS) is 11.6. The van der Waals surface area contributed by atoms with Crippen LogP contribution in [0.25, 0.3) is 0 Å². The minimum absolute atomic E-state index is 0.258. The SMILES string of the molecule is C=CCCCCCCCCCOC(=O)C(C)NC(=O)c1ccc(C)cc1. The molecule has 0 bridgehead atoms. The van der Waals surface area contributed by atoms with E-state index < -0.39 is 6.04 Å². The molecule has 1 atom stereocenters. The Labute approximate surface area is 158 Å². The maximum Gasteiger partial charge on any atom is 0.328 e. The molecule has 0 aliphatic rings. The largest absolute Gasteiger partial charge is 0.464 e. The Balaban J connectivity index is 2.10. The molecule has 0 radical (unpaired) electrons. The Morgan fingerprint density at radius 1 is 1.04 bits per heavy atom. The van der Waals surface area contributed by atoms with Crippen LogP contribution in [0.4, 0.5) is 0 Å². The Bertz CT molecular complexity index is 551. The molecule has 0 aromatic heterocycles. The predicted molar refractivity (Wildman–Crippen MR) is 106 cm³/mol. The lowest BCUT2D eigenvalue weighted by Crippen LogP contribution is -2.39. The number of carbonyl (C=O) groups excluding carboxylic acids is 2. The Kier molecular flexibility index (Phi) is 11.1. The van der Waals surface area contributed by atoms with E-state index >= 15 is 0 Å². The van der Waals surface area contributed by atoms with Crippen molar-refractivity contribution in [3.8, 4) is 0 Å². The van der Waals surface area contributed by atoms with Crippen molar-refractivity contribution in [1.82, 2.24) is 5.32 Å². The second kappa shape index (κ2) is 13.2. The predicted octanol–water partition coefficient (Wildman–Crippen LogP) is 4.96. The molecule has 1 unspecified atom stereocenters. The van der Waals surface area contributed by atoms with Crippen LogP contribution in [0.5, 0.6) is 0 Å². The number of hydrogen-bond acceptors (Lipinski definition) is 3. The van der Waals surface area contributed by atoms with Crippen molar-refractivity contribution in [2.45, 2.75) is 71.3 Å². The summed E-state index contributed by atoms with van der Waals surface area (Å²) in [4.78, 5) is 24.0. The lowest BCUT2D eigenvalue weighted by atomic mass is 10.1. The maximum atomic E-state index is 12.1. The van der Waals surface area contributed by atoms with Crippen molar-refractivity contribution in [3.63, 3.8) is 0 Å². The smallest absolute Gasteiger partial charge is 0.328 e. The number of rotatable bonds is 13. The monoisotopic (exact) mass is 359 g/mol. The first-order valence-corrected chi connectivity index (χ1v) is 9.69. The molecule has 144 valence electrons. The summed E-state index contributed by atoms with van der Waals surface area (Å²) in [5, 5.41) is 2.68. The topological polar surface area (TPSA) is 55.4 Å². The van der Waals surface area contributed by atoms with Crippen molar-refractivity contribution in [3.05, 3.63) is 48.0 Å². The summed E-state index contributed by atoms with van der Waals surface area (Å²) < 4.78 is 5.25. The van der Waals surface area contributed by atoms with Gasteiger partial charge in [0.1, 0.15) is 6.04 Å². The molecule has 0 heterocycles. The van der Waals surface area contributed by atoms with Crippen LogP contribution in [0.2, 0.25) is 0 Å². The summed E-state index contributed by atoms with van der Waals surface area (Å²) in [6, 6.07) is 6.60. The highest BCUT2D eigenvalue weighted by molar-refractivity contribution is 5.96. The number of esters is 1. The van der Waals surface area contributed by atoms with Crippen LogP contribution in [0, 0.1) is 6.92 Å². The van der Waals surface area contributed by atoms with Crippen molar-refractivity contribution in [1.29, 1.82) is 0 Å². The average molecular weight is 360 g/mol. The molecule has 0 aliphatic carbocycles. The third kappa shape index (κ3) is 9.40. The van der Waals surface area contributed by atoms with E-state index in [-0.39, 0.29) is 11.9 Å². The third-order valence-electron chi connectivity index (χ3n) is 4.31. The number of amides is 1. The van der Waals surface area contributed by atoms with Crippen LogP contribution >= 0.6 is 0 Å². The zero-order chi connectivity index (χ0) is 19.2. The van der Waals surface area contributed by atoms with Gasteiger partial charge >= 0.3 is 5.97 Å². The average Bonchev–Trinajstić information content (AvgIpc) is 2.63. The molecule has 1 aromatic carbocycles. The second-order valence-electron chi connectivity index (χ2n) is 6.78. The zero-order valence-electron chi connectivity index (χ0n) is 16.3. The molecular weight excluding hydrogens is 326 g/mol. The third-order valence-corrected chi connectivity index (χ3v) is 4.31. The van der Waals surface area contributed by atoms with Crippen LogP contribution in [-0.4, -0.2) is 24.5 Å². The molecular formula is C22H33NO3. The van der Waals surface area contributed by atoms with Gasteiger partial charge in [0.15, 0.2) is 0 Å². The van der Waals surface area contributed by atoms with Crippen LogP contribution in [-0.2, 0) is 9.53 Å². The highest BCUT2D eigenvalue weighted by Crippen LogP contribution is 2.09. The van der Waals surface area contributed by atoms with Crippen molar-refractivity contribution < 1.29 is 14.3 Å². The molecule has 1 amide bonds. The summed E-state index contributed by atoms with van der Waals surface area (Å²) in [6.45, 7) is 7.75. The first kappa shape index (κ1) is 21.9. The number of hydrogen-bond donors (Lipinski definition) is 1. The minimum Gasteiger partial charge on any atom is -0.464 e. The molecule has 0 aliphatic heterocycles. The van der Waals surface area contributed by atoms with E-state index in [2.05, 4.69) is 11.9 Å². The van der Waals surface area contributed by atoms with Gasteiger partial charge in [-0.2, -0.15) is 0 Å². The van der Waals surface area contributed by atoms with Gasteiger partial charge in [-0.05, 0) is 45.2 Å². The summed E-state index contributed by atoms with van der Waals surface area (Å²) >= 11 is 0. The number of nitrogens with one attached hydrogen (secondary N) is 1. The maximum absolute atomic E-state index is 12.1. The Morgan fingerprint density at radius 3 is 2.23 bits per heavy atom. The molecule has 26 heavy (non-hydrogen) atoms. The number of allylic oxidation sites excluding steroid dienone is 1. The van der Waals surface area contributed by atoms with Crippen molar-refractivity contribution in [2.75, 3.05) is 6.61 Å². The van der Waals surface area contributed by atoms with E-state index in [0.717, 1.165) is 24.8 Å². The number of carbonyl (C=O) groups is 2. The molecule has 1 N–H and O–H groups in total. The fourth-order valence-corrected chi connectivity index (χ4v) is 2.62. The summed E-state index contributed by atoms with van der Waals surface area (Å²) in [7, 11) is 0. The van der Waals surface area contributed by atoms with Crippen LogP contribution in [0.3, 0.4) is 0 Å².